The minimum absolute atomic E-state index is 0.00292. The average Bonchev–Trinajstić information content (AvgIpc) is 3.46. The van der Waals surface area contributed by atoms with Crippen molar-refractivity contribution in [1.29, 1.82) is 0 Å². The molecule has 43 heavy (non-hydrogen) atoms. The summed E-state index contributed by atoms with van der Waals surface area (Å²) in [7, 11) is 0. The van der Waals surface area contributed by atoms with Crippen LogP contribution in [0, 0.1) is 23.5 Å². The summed E-state index contributed by atoms with van der Waals surface area (Å²) in [6, 6.07) is 0.930. The fraction of sp³-hybridized carbons (Fsp3) is 0.533. The highest BCUT2D eigenvalue weighted by Crippen LogP contribution is 2.26. The maximum Gasteiger partial charge on any atom is 0.257 e. The van der Waals surface area contributed by atoms with Crippen LogP contribution < -0.4 is 20.7 Å². The van der Waals surface area contributed by atoms with Crippen LogP contribution in [0.1, 0.15) is 82.0 Å². The number of nitrogens with zero attached hydrogens (tertiary/aromatic N) is 5. The summed E-state index contributed by atoms with van der Waals surface area (Å²) >= 11 is 0. The number of amides is 2. The molecular weight excluding hydrogens is 560 g/mol. The van der Waals surface area contributed by atoms with Crippen molar-refractivity contribution >= 4 is 17.8 Å². The van der Waals surface area contributed by atoms with E-state index in [9.17, 15) is 18.4 Å². The lowest BCUT2D eigenvalue weighted by Crippen LogP contribution is -2.45. The third-order valence-electron chi connectivity index (χ3n) is 7.35. The van der Waals surface area contributed by atoms with Gasteiger partial charge in [-0.2, -0.15) is 4.98 Å². The Morgan fingerprint density at radius 2 is 1.77 bits per heavy atom. The van der Waals surface area contributed by atoms with E-state index < -0.39 is 35.1 Å². The number of ether oxygens (including phenoxy) is 1. The highest BCUT2D eigenvalue weighted by Gasteiger charge is 2.25. The summed E-state index contributed by atoms with van der Waals surface area (Å²) in [6.07, 6.45) is 7.20. The van der Waals surface area contributed by atoms with Gasteiger partial charge in [0.15, 0.2) is 0 Å². The predicted molar refractivity (Wildman–Crippen MR) is 155 cm³/mol. The Bertz CT molecular complexity index is 1370. The molecule has 1 aliphatic heterocycles. The maximum absolute atomic E-state index is 14.7. The Kier molecular flexibility index (Phi) is 10.6. The molecule has 1 fully saturated rings. The largest absolute Gasteiger partial charge is 0.493 e. The van der Waals surface area contributed by atoms with Crippen molar-refractivity contribution in [2.24, 2.45) is 17.6 Å². The van der Waals surface area contributed by atoms with Crippen molar-refractivity contribution < 1.29 is 27.6 Å². The number of nitrogens with one attached hydrogen (secondary N) is 1. The van der Waals surface area contributed by atoms with Crippen molar-refractivity contribution in [3.63, 3.8) is 0 Å². The Labute approximate surface area is 249 Å². The number of carbonyl (C=O) groups is 2. The van der Waals surface area contributed by atoms with E-state index in [4.69, 9.17) is 15.0 Å². The highest BCUT2D eigenvalue weighted by molar-refractivity contribution is 5.97. The molecule has 1 aliphatic rings. The van der Waals surface area contributed by atoms with Gasteiger partial charge in [0.25, 0.3) is 5.91 Å². The van der Waals surface area contributed by atoms with Crippen LogP contribution >= 0.6 is 0 Å². The summed E-state index contributed by atoms with van der Waals surface area (Å²) in [6.45, 7) is 9.57. The molecule has 1 atom stereocenters. The van der Waals surface area contributed by atoms with Crippen LogP contribution in [0.15, 0.2) is 29.0 Å². The fourth-order valence-corrected chi connectivity index (χ4v) is 4.97. The first-order valence-electron chi connectivity index (χ1n) is 14.6. The van der Waals surface area contributed by atoms with Crippen LogP contribution in [0.5, 0.6) is 5.75 Å². The van der Waals surface area contributed by atoms with Gasteiger partial charge >= 0.3 is 0 Å². The fourth-order valence-electron chi connectivity index (χ4n) is 4.97. The first-order valence-corrected chi connectivity index (χ1v) is 14.6. The van der Waals surface area contributed by atoms with Crippen molar-refractivity contribution in [3.05, 3.63) is 47.6 Å². The van der Waals surface area contributed by atoms with Gasteiger partial charge in [0, 0.05) is 43.5 Å². The number of aromatic nitrogens is 4. The molecule has 0 saturated carbocycles. The lowest BCUT2D eigenvalue weighted by Gasteiger charge is -2.32. The smallest absolute Gasteiger partial charge is 0.257 e. The number of piperidine rings is 1. The summed E-state index contributed by atoms with van der Waals surface area (Å²) in [5, 5.41) is 6.33. The Morgan fingerprint density at radius 1 is 1.12 bits per heavy atom. The average molecular weight is 600 g/mol. The summed E-state index contributed by atoms with van der Waals surface area (Å²) < 4.78 is 40.2. The zero-order chi connectivity index (χ0) is 31.1. The molecule has 3 N–H and O–H groups in total. The second-order valence-electron chi connectivity index (χ2n) is 11.6. The van der Waals surface area contributed by atoms with Crippen LogP contribution in [-0.2, 0) is 4.79 Å². The highest BCUT2D eigenvalue weighted by atomic mass is 19.1. The molecule has 0 bridgehead atoms. The van der Waals surface area contributed by atoms with E-state index in [1.807, 2.05) is 27.7 Å². The summed E-state index contributed by atoms with van der Waals surface area (Å²) in [4.78, 5) is 39.6. The first kappa shape index (κ1) is 31.8. The van der Waals surface area contributed by atoms with Gasteiger partial charge in [-0.05, 0) is 43.9 Å². The van der Waals surface area contributed by atoms with E-state index in [0.29, 0.717) is 35.6 Å². The predicted octanol–water partition coefficient (Wildman–Crippen LogP) is 4.63. The van der Waals surface area contributed by atoms with Gasteiger partial charge < -0.3 is 25.2 Å². The van der Waals surface area contributed by atoms with Crippen LogP contribution in [0.2, 0.25) is 0 Å². The third-order valence-corrected chi connectivity index (χ3v) is 7.35. The normalized spacial score (nSPS) is 14.7. The van der Waals surface area contributed by atoms with Gasteiger partial charge in [-0.3, -0.25) is 9.59 Å². The molecule has 2 amide bonds. The standard InChI is InChI=1S/C30H39F2N7O4/c1-17(2)12-24(26(33)40)36-28(41)25-22(31)13-21(14-23(25)32)42-11-5-6-19-7-9-39(10-8-19)30-34-15-20(16-35-30)27-37-29(18(3)4)43-38-27/h13-19,24H,5-12H2,1-4H3,(H2,33,40)(H,36,41)/t24-/m1/s1. The summed E-state index contributed by atoms with van der Waals surface area (Å²) in [5.41, 5.74) is 5.25. The number of halogens is 2. The molecule has 1 aromatic carbocycles. The number of carbonyl (C=O) groups excluding carboxylic acids is 2. The van der Waals surface area contributed by atoms with E-state index in [0.717, 1.165) is 44.5 Å². The van der Waals surface area contributed by atoms with Crippen molar-refractivity contribution in [3.8, 4) is 17.1 Å². The second kappa shape index (κ2) is 14.3. The van der Waals surface area contributed by atoms with E-state index >= 15 is 0 Å². The molecule has 3 heterocycles. The zero-order valence-electron chi connectivity index (χ0n) is 25.0. The lowest BCUT2D eigenvalue weighted by atomic mass is 9.92. The minimum Gasteiger partial charge on any atom is -0.493 e. The molecule has 2 aromatic heterocycles. The minimum atomic E-state index is -1.07. The molecule has 0 spiro atoms. The zero-order valence-corrected chi connectivity index (χ0v) is 25.0. The van der Waals surface area contributed by atoms with Crippen LogP contribution in [-0.4, -0.2) is 57.7 Å². The molecule has 3 aromatic rings. The van der Waals surface area contributed by atoms with Gasteiger partial charge in [-0.15, -0.1) is 0 Å². The molecule has 0 unspecified atom stereocenters. The van der Waals surface area contributed by atoms with E-state index in [1.165, 1.54) is 0 Å². The van der Waals surface area contributed by atoms with Gasteiger partial charge in [-0.25, -0.2) is 18.7 Å². The number of primary amides is 1. The van der Waals surface area contributed by atoms with Crippen molar-refractivity contribution in [2.75, 3.05) is 24.6 Å². The van der Waals surface area contributed by atoms with Crippen molar-refractivity contribution in [1.82, 2.24) is 25.4 Å². The Hall–Kier alpha value is -4.16. The molecule has 0 radical (unpaired) electrons. The number of hydrogen-bond donors (Lipinski definition) is 2. The molecular formula is C30H39F2N7O4. The maximum atomic E-state index is 14.7. The van der Waals surface area contributed by atoms with Gasteiger partial charge in [0.2, 0.25) is 23.6 Å². The van der Waals surface area contributed by atoms with E-state index in [2.05, 4.69) is 30.3 Å². The molecule has 11 nitrogen and oxygen atoms in total. The number of nitrogens with two attached hydrogens (primary N) is 1. The molecule has 232 valence electrons. The molecule has 4 rings (SSSR count). The Morgan fingerprint density at radius 3 is 2.33 bits per heavy atom. The quantitative estimate of drug-likeness (QED) is 0.268. The van der Waals surface area contributed by atoms with Crippen molar-refractivity contribution in [2.45, 2.75) is 71.8 Å². The van der Waals surface area contributed by atoms with Gasteiger partial charge in [0.1, 0.15) is 29.0 Å². The molecule has 0 aliphatic carbocycles. The Balaban J connectivity index is 1.21. The SMILES string of the molecule is CC(C)C[C@@H](NC(=O)c1c(F)cc(OCCCC2CCN(c3ncc(-c4noc(C(C)C)n4)cn3)CC2)cc1F)C(N)=O. The molecule has 13 heteroatoms. The second-order valence-corrected chi connectivity index (χ2v) is 11.6. The number of benzene rings is 1. The third kappa shape index (κ3) is 8.45. The van der Waals surface area contributed by atoms with E-state index in [-0.39, 0.29) is 30.6 Å². The lowest BCUT2D eigenvalue weighted by molar-refractivity contribution is -0.120. The number of rotatable bonds is 13. The van der Waals surface area contributed by atoms with E-state index in [1.54, 1.807) is 12.4 Å². The van der Waals surface area contributed by atoms with Crippen LogP contribution in [0.25, 0.3) is 11.4 Å². The number of hydrogen-bond acceptors (Lipinski definition) is 9. The van der Waals surface area contributed by atoms with Crippen LogP contribution in [0.4, 0.5) is 14.7 Å². The number of anilines is 1. The topological polar surface area (TPSA) is 149 Å². The monoisotopic (exact) mass is 599 g/mol. The van der Waals surface area contributed by atoms with Crippen LogP contribution in [0.3, 0.4) is 0 Å². The summed E-state index contributed by atoms with van der Waals surface area (Å²) in [5.74, 6) is -1.57. The molecule has 1 saturated heterocycles. The first-order chi connectivity index (χ1) is 20.5. The van der Waals surface area contributed by atoms with Gasteiger partial charge in [0.05, 0.1) is 12.2 Å². The van der Waals surface area contributed by atoms with Gasteiger partial charge in [-0.1, -0.05) is 32.9 Å².